The Balaban J connectivity index is 2.01. The Morgan fingerprint density at radius 3 is 2.21 bits per heavy atom. The van der Waals surface area contributed by atoms with Crippen molar-refractivity contribution >= 4 is 16.8 Å². The van der Waals surface area contributed by atoms with E-state index < -0.39 is 16.4 Å². The van der Waals surface area contributed by atoms with Crippen LogP contribution in [0.25, 0.3) is 0 Å². The third-order valence-corrected chi connectivity index (χ3v) is 8.02. The second kappa shape index (κ2) is 9.04. The zero-order valence-electron chi connectivity index (χ0n) is 17.0. The minimum Gasteiger partial charge on any atom is -0.454 e. The Kier molecular flexibility index (Phi) is 6.71. The van der Waals surface area contributed by atoms with E-state index in [1.165, 1.54) is 0 Å². The molecule has 1 aliphatic carbocycles. The van der Waals surface area contributed by atoms with Crippen molar-refractivity contribution in [2.24, 2.45) is 11.8 Å². The van der Waals surface area contributed by atoms with Crippen LogP contribution < -0.4 is 0 Å². The Morgan fingerprint density at radius 1 is 1.04 bits per heavy atom. The van der Waals surface area contributed by atoms with Crippen molar-refractivity contribution in [3.05, 3.63) is 66.2 Å². The lowest BCUT2D eigenvalue weighted by molar-refractivity contribution is -0.0745. The molecular weight excluding hydrogens is 368 g/mol. The van der Waals surface area contributed by atoms with Crippen LogP contribution in [0.1, 0.15) is 56.8 Å². The summed E-state index contributed by atoms with van der Waals surface area (Å²) in [7, 11) is -1.26. The molecule has 0 spiro atoms. The first-order valence-corrected chi connectivity index (χ1v) is 11.4. The topological polar surface area (TPSA) is 43.4 Å². The lowest BCUT2D eigenvalue weighted by atomic mass is 9.71. The molecule has 1 aliphatic rings. The molecule has 4 atom stereocenters. The number of benzene rings is 2. The first-order valence-electron chi connectivity index (χ1n) is 10.2. The monoisotopic (exact) mass is 398 g/mol. The Bertz CT molecular complexity index is 803. The molecule has 28 heavy (non-hydrogen) atoms. The van der Waals surface area contributed by atoms with Gasteiger partial charge in [0.05, 0.1) is 21.6 Å². The second-order valence-corrected chi connectivity index (χ2v) is 9.71. The van der Waals surface area contributed by atoms with Gasteiger partial charge in [0.1, 0.15) is 5.60 Å². The summed E-state index contributed by atoms with van der Waals surface area (Å²) in [5, 5.41) is -0.252. The van der Waals surface area contributed by atoms with Crippen LogP contribution in [0, 0.1) is 11.8 Å². The van der Waals surface area contributed by atoms with Gasteiger partial charge in [0.15, 0.2) is 0 Å². The molecule has 0 heterocycles. The summed E-state index contributed by atoms with van der Waals surface area (Å²) in [5.41, 5.74) is -0.173. The van der Waals surface area contributed by atoms with Crippen LogP contribution >= 0.6 is 0 Å². The average molecular weight is 399 g/mol. The van der Waals surface area contributed by atoms with Gasteiger partial charge in [-0.3, -0.25) is 4.21 Å². The molecule has 3 nitrogen and oxygen atoms in total. The fourth-order valence-corrected chi connectivity index (χ4v) is 6.45. The van der Waals surface area contributed by atoms with E-state index in [0.29, 0.717) is 5.56 Å². The van der Waals surface area contributed by atoms with Gasteiger partial charge in [0.2, 0.25) is 0 Å². The van der Waals surface area contributed by atoms with Crippen LogP contribution in [0.2, 0.25) is 0 Å². The van der Waals surface area contributed by atoms with Gasteiger partial charge in [0, 0.05) is 4.90 Å². The van der Waals surface area contributed by atoms with E-state index in [0.717, 1.165) is 30.6 Å². The van der Waals surface area contributed by atoms with Crippen LogP contribution in [0.5, 0.6) is 0 Å². The fourth-order valence-electron chi connectivity index (χ4n) is 4.47. The molecule has 4 heteroatoms. The molecule has 2 aromatic carbocycles. The molecule has 2 unspecified atom stereocenters. The minimum absolute atomic E-state index is 0.116. The maximum atomic E-state index is 13.7. The smallest absolute Gasteiger partial charge is 0.338 e. The van der Waals surface area contributed by atoms with Gasteiger partial charge in [-0.15, -0.1) is 0 Å². The summed E-state index contributed by atoms with van der Waals surface area (Å²) in [6.07, 6.45) is 3.85. The number of carbonyl (C=O) groups excluding carboxylic acids is 1. The lowest BCUT2D eigenvalue weighted by Gasteiger charge is -2.48. The summed E-state index contributed by atoms with van der Waals surface area (Å²) >= 11 is 0. The van der Waals surface area contributed by atoms with E-state index in [9.17, 15) is 9.00 Å². The maximum absolute atomic E-state index is 13.7. The van der Waals surface area contributed by atoms with Crippen molar-refractivity contribution < 1.29 is 13.7 Å². The zero-order chi connectivity index (χ0) is 20.1. The van der Waals surface area contributed by atoms with E-state index >= 15 is 0 Å². The predicted molar refractivity (Wildman–Crippen MR) is 114 cm³/mol. The zero-order valence-corrected chi connectivity index (χ0v) is 17.8. The molecule has 0 aliphatic heterocycles. The van der Waals surface area contributed by atoms with Gasteiger partial charge >= 0.3 is 5.97 Å². The molecule has 2 aromatic rings. The molecule has 0 N–H and O–H groups in total. The highest BCUT2D eigenvalue weighted by atomic mass is 32.2. The summed E-state index contributed by atoms with van der Waals surface area (Å²) in [6, 6.07) is 18.7. The minimum atomic E-state index is -1.26. The number of rotatable bonds is 6. The highest BCUT2D eigenvalue weighted by Gasteiger charge is 2.52. The summed E-state index contributed by atoms with van der Waals surface area (Å²) < 4.78 is 20.0. The highest BCUT2D eigenvalue weighted by Crippen LogP contribution is 2.45. The lowest BCUT2D eigenvalue weighted by Crippen LogP contribution is -2.56. The predicted octanol–water partition coefficient (Wildman–Crippen LogP) is 5.62. The number of hydrogen-bond acceptors (Lipinski definition) is 3. The van der Waals surface area contributed by atoms with Crippen molar-refractivity contribution in [1.29, 1.82) is 0 Å². The van der Waals surface area contributed by atoms with E-state index in [1.54, 1.807) is 12.1 Å². The molecule has 1 fully saturated rings. The van der Waals surface area contributed by atoms with Crippen LogP contribution in [-0.2, 0) is 15.5 Å². The largest absolute Gasteiger partial charge is 0.454 e. The van der Waals surface area contributed by atoms with E-state index in [1.807, 2.05) is 48.5 Å². The molecular formula is C24H30O3S. The summed E-state index contributed by atoms with van der Waals surface area (Å²) in [6.45, 7) is 6.32. The molecule has 0 amide bonds. The number of carbonyl (C=O) groups is 1. The van der Waals surface area contributed by atoms with Crippen molar-refractivity contribution in [2.45, 2.75) is 62.2 Å². The second-order valence-electron chi connectivity index (χ2n) is 8.13. The first kappa shape index (κ1) is 20.8. The molecule has 0 aromatic heterocycles. The van der Waals surface area contributed by atoms with Crippen molar-refractivity contribution in [2.75, 3.05) is 0 Å². The third-order valence-electron chi connectivity index (χ3n) is 5.87. The van der Waals surface area contributed by atoms with Gasteiger partial charge in [0.25, 0.3) is 0 Å². The molecule has 0 bridgehead atoms. The van der Waals surface area contributed by atoms with Crippen LogP contribution in [-0.4, -0.2) is 21.0 Å². The SMILES string of the molecule is CC(C)[C@@H](S(=O)c1ccccc1)[C@@]1(OC(=O)c2ccccc2)CCCCC1C. The van der Waals surface area contributed by atoms with Crippen LogP contribution in [0.4, 0.5) is 0 Å². The van der Waals surface area contributed by atoms with E-state index in [2.05, 4.69) is 20.8 Å². The number of hydrogen-bond donors (Lipinski definition) is 0. The molecule has 3 rings (SSSR count). The first-order chi connectivity index (χ1) is 13.5. The normalized spacial score (nSPS) is 24.5. The number of esters is 1. The summed E-state index contributed by atoms with van der Waals surface area (Å²) in [4.78, 5) is 13.8. The standard InChI is InChI=1S/C24H30O3S/c1-18(2)22(28(26)21-15-8-5-9-16-21)24(17-11-10-12-19(24)3)27-23(25)20-13-6-4-7-14-20/h4-9,13-16,18-19,22H,10-12,17H2,1-3H3/t19?,22-,24-,28?/m1/s1. The van der Waals surface area contributed by atoms with Gasteiger partial charge in [-0.25, -0.2) is 4.79 Å². The average Bonchev–Trinajstić information content (AvgIpc) is 2.71. The Morgan fingerprint density at radius 2 is 1.64 bits per heavy atom. The quantitative estimate of drug-likeness (QED) is 0.593. The highest BCUT2D eigenvalue weighted by molar-refractivity contribution is 7.85. The maximum Gasteiger partial charge on any atom is 0.338 e. The molecule has 0 saturated heterocycles. The van der Waals surface area contributed by atoms with Crippen LogP contribution in [0.15, 0.2) is 65.6 Å². The van der Waals surface area contributed by atoms with E-state index in [-0.39, 0.29) is 23.1 Å². The van der Waals surface area contributed by atoms with E-state index in [4.69, 9.17) is 4.74 Å². The Labute approximate surface area is 171 Å². The van der Waals surface area contributed by atoms with Gasteiger partial charge in [-0.05, 0) is 55.4 Å². The fraction of sp³-hybridized carbons (Fsp3) is 0.458. The van der Waals surface area contributed by atoms with Gasteiger partial charge in [-0.1, -0.05) is 63.6 Å². The van der Waals surface area contributed by atoms with Crippen molar-refractivity contribution in [3.63, 3.8) is 0 Å². The van der Waals surface area contributed by atoms with Gasteiger partial charge in [-0.2, -0.15) is 0 Å². The molecule has 150 valence electrons. The van der Waals surface area contributed by atoms with Gasteiger partial charge < -0.3 is 4.74 Å². The molecule has 1 saturated carbocycles. The van der Waals surface area contributed by atoms with Crippen molar-refractivity contribution in [1.82, 2.24) is 0 Å². The van der Waals surface area contributed by atoms with Crippen molar-refractivity contribution in [3.8, 4) is 0 Å². The Hall–Kier alpha value is -1.94. The van der Waals surface area contributed by atoms with Crippen LogP contribution in [0.3, 0.4) is 0 Å². The summed E-state index contributed by atoms with van der Waals surface area (Å²) in [5.74, 6) is -0.0378. The third kappa shape index (κ3) is 4.22. The number of ether oxygens (including phenoxy) is 1. The molecule has 0 radical (unpaired) electrons.